The van der Waals surface area contributed by atoms with Gasteiger partial charge in [0.05, 0.1) is 24.8 Å². The quantitative estimate of drug-likeness (QED) is 0.683. The van der Waals surface area contributed by atoms with E-state index in [1.54, 1.807) is 6.33 Å². The molecule has 0 N–H and O–H groups in total. The Labute approximate surface area is 76.8 Å². The number of hydrogen-bond acceptors (Lipinski definition) is 2. The first-order valence-corrected chi connectivity index (χ1v) is 4.20. The van der Waals surface area contributed by atoms with Crippen molar-refractivity contribution in [3.63, 3.8) is 0 Å². The van der Waals surface area contributed by atoms with Gasteiger partial charge in [-0.15, -0.1) is 0 Å². The molecule has 0 unspecified atom stereocenters. The molecule has 68 valence electrons. The monoisotopic (exact) mass is 176 g/mol. The Bertz CT molecular complexity index is 361. The van der Waals surface area contributed by atoms with Gasteiger partial charge in [-0.05, 0) is 12.5 Å². The molecule has 4 nitrogen and oxygen atoms in total. The van der Waals surface area contributed by atoms with Gasteiger partial charge in [0, 0.05) is 19.4 Å². The zero-order valence-electron chi connectivity index (χ0n) is 7.81. The molecule has 2 aromatic rings. The summed E-state index contributed by atoms with van der Waals surface area (Å²) in [5.41, 5.74) is 2.21. The minimum Gasteiger partial charge on any atom is -0.340 e. The molecule has 0 amide bonds. The second-order valence-electron chi connectivity index (χ2n) is 3.25. The molecule has 0 fully saturated rings. The molecule has 0 radical (unpaired) electrons. The van der Waals surface area contributed by atoms with Crippen LogP contribution in [0.4, 0.5) is 0 Å². The summed E-state index contributed by atoms with van der Waals surface area (Å²) >= 11 is 0. The van der Waals surface area contributed by atoms with E-state index in [4.69, 9.17) is 0 Å². The Morgan fingerprint density at radius 1 is 1.38 bits per heavy atom. The van der Waals surface area contributed by atoms with E-state index in [1.165, 1.54) is 5.56 Å². The maximum atomic E-state index is 4.22. The topological polar surface area (TPSA) is 35.6 Å². The van der Waals surface area contributed by atoms with Crippen molar-refractivity contribution in [3.8, 4) is 0 Å². The van der Waals surface area contributed by atoms with E-state index < -0.39 is 0 Å². The molecule has 0 spiro atoms. The third kappa shape index (κ3) is 1.77. The van der Waals surface area contributed by atoms with Gasteiger partial charge in [-0.2, -0.15) is 5.10 Å². The molecular weight excluding hydrogens is 164 g/mol. The second kappa shape index (κ2) is 3.05. The van der Waals surface area contributed by atoms with Gasteiger partial charge in [0.25, 0.3) is 0 Å². The average Bonchev–Trinajstić information content (AvgIpc) is 2.62. The fourth-order valence-electron chi connectivity index (χ4n) is 1.27. The maximum Gasteiger partial charge on any atom is 0.0947 e. The highest BCUT2D eigenvalue weighted by Gasteiger charge is 1.98. The lowest BCUT2D eigenvalue weighted by Gasteiger charge is -1.95. The van der Waals surface area contributed by atoms with E-state index in [-0.39, 0.29) is 0 Å². The third-order valence-electron chi connectivity index (χ3n) is 1.84. The number of nitrogens with zero attached hydrogens (tertiary/aromatic N) is 4. The van der Waals surface area contributed by atoms with Crippen LogP contribution in [0.5, 0.6) is 0 Å². The average molecular weight is 176 g/mol. The molecule has 0 aliphatic heterocycles. The predicted octanol–water partition coefficient (Wildman–Crippen LogP) is 0.973. The van der Waals surface area contributed by atoms with Crippen LogP contribution in [0.25, 0.3) is 0 Å². The van der Waals surface area contributed by atoms with Crippen LogP contribution >= 0.6 is 0 Å². The fourth-order valence-corrected chi connectivity index (χ4v) is 1.27. The Morgan fingerprint density at radius 3 is 2.77 bits per heavy atom. The molecule has 0 saturated carbocycles. The molecule has 2 rings (SSSR count). The van der Waals surface area contributed by atoms with Crippen LogP contribution in [0.2, 0.25) is 0 Å². The summed E-state index contributed by atoms with van der Waals surface area (Å²) in [6, 6.07) is 0. The summed E-state index contributed by atoms with van der Waals surface area (Å²) in [7, 11) is 1.96. The van der Waals surface area contributed by atoms with Crippen molar-refractivity contribution in [2.75, 3.05) is 0 Å². The van der Waals surface area contributed by atoms with Crippen molar-refractivity contribution in [1.82, 2.24) is 19.3 Å². The predicted molar refractivity (Wildman–Crippen MR) is 49.3 cm³/mol. The van der Waals surface area contributed by atoms with Crippen molar-refractivity contribution in [3.05, 3.63) is 36.2 Å². The largest absolute Gasteiger partial charge is 0.340 e. The van der Waals surface area contributed by atoms with E-state index in [9.17, 15) is 0 Å². The number of aromatic nitrogens is 4. The summed E-state index contributed by atoms with van der Waals surface area (Å²) in [5.74, 6) is 0. The standard InChI is InChI=1S/C9H12N4/c1-8-3-11-13(4-8)6-9-5-12(2)7-10-9/h3-5,7H,6H2,1-2H3. The Balaban J connectivity index is 2.14. The minimum absolute atomic E-state index is 0.745. The number of imidazole rings is 1. The van der Waals surface area contributed by atoms with Gasteiger partial charge in [-0.25, -0.2) is 4.98 Å². The summed E-state index contributed by atoms with van der Waals surface area (Å²) in [5, 5.41) is 4.19. The summed E-state index contributed by atoms with van der Waals surface area (Å²) < 4.78 is 3.82. The Morgan fingerprint density at radius 2 is 2.23 bits per heavy atom. The molecule has 2 aromatic heterocycles. The van der Waals surface area contributed by atoms with Gasteiger partial charge in [0.15, 0.2) is 0 Å². The summed E-state index contributed by atoms with van der Waals surface area (Å²) in [6.45, 7) is 2.77. The maximum absolute atomic E-state index is 4.22. The fraction of sp³-hybridized carbons (Fsp3) is 0.333. The molecule has 13 heavy (non-hydrogen) atoms. The van der Waals surface area contributed by atoms with Crippen LogP contribution in [-0.2, 0) is 13.6 Å². The Kier molecular flexibility index (Phi) is 1.88. The summed E-state index contributed by atoms with van der Waals surface area (Å²) in [6.07, 6.45) is 7.65. The first kappa shape index (κ1) is 8.04. The number of hydrogen-bond donors (Lipinski definition) is 0. The zero-order valence-corrected chi connectivity index (χ0v) is 7.81. The van der Waals surface area contributed by atoms with Gasteiger partial charge >= 0.3 is 0 Å². The highest BCUT2D eigenvalue weighted by atomic mass is 15.3. The lowest BCUT2D eigenvalue weighted by atomic mass is 10.4. The van der Waals surface area contributed by atoms with Crippen LogP contribution in [0, 0.1) is 6.92 Å². The van der Waals surface area contributed by atoms with Gasteiger partial charge in [0.2, 0.25) is 0 Å². The molecule has 0 bridgehead atoms. The highest BCUT2D eigenvalue weighted by molar-refractivity contribution is 5.03. The van der Waals surface area contributed by atoms with Crippen LogP contribution in [-0.4, -0.2) is 19.3 Å². The minimum atomic E-state index is 0.745. The van der Waals surface area contributed by atoms with E-state index in [0.717, 1.165) is 12.2 Å². The first-order chi connectivity index (χ1) is 6.24. The van der Waals surface area contributed by atoms with Gasteiger partial charge in [-0.3, -0.25) is 4.68 Å². The first-order valence-electron chi connectivity index (χ1n) is 4.20. The Hall–Kier alpha value is -1.58. The number of rotatable bonds is 2. The van der Waals surface area contributed by atoms with Crippen molar-refractivity contribution < 1.29 is 0 Å². The van der Waals surface area contributed by atoms with Crippen LogP contribution in [0.15, 0.2) is 24.9 Å². The van der Waals surface area contributed by atoms with Crippen molar-refractivity contribution >= 4 is 0 Å². The molecule has 2 heterocycles. The molecule has 0 aliphatic rings. The van der Waals surface area contributed by atoms with Gasteiger partial charge < -0.3 is 4.57 Å². The van der Waals surface area contributed by atoms with E-state index in [1.807, 2.05) is 41.8 Å². The smallest absolute Gasteiger partial charge is 0.0947 e. The summed E-state index contributed by atoms with van der Waals surface area (Å²) in [4.78, 5) is 4.22. The lowest BCUT2D eigenvalue weighted by Crippen LogP contribution is -1.99. The van der Waals surface area contributed by atoms with Crippen molar-refractivity contribution in [2.45, 2.75) is 13.5 Å². The van der Waals surface area contributed by atoms with Gasteiger partial charge in [0.1, 0.15) is 0 Å². The number of aryl methyl sites for hydroxylation is 2. The van der Waals surface area contributed by atoms with Crippen molar-refractivity contribution in [1.29, 1.82) is 0 Å². The molecule has 0 aromatic carbocycles. The molecular formula is C9H12N4. The van der Waals surface area contributed by atoms with E-state index in [2.05, 4.69) is 10.1 Å². The normalized spacial score (nSPS) is 10.6. The van der Waals surface area contributed by atoms with Crippen LogP contribution < -0.4 is 0 Å². The third-order valence-corrected chi connectivity index (χ3v) is 1.84. The SMILES string of the molecule is Cc1cnn(Cc2cn(C)cn2)c1. The van der Waals surface area contributed by atoms with Gasteiger partial charge in [-0.1, -0.05) is 0 Å². The van der Waals surface area contributed by atoms with Crippen LogP contribution in [0.3, 0.4) is 0 Å². The highest BCUT2D eigenvalue weighted by Crippen LogP contribution is 2.00. The zero-order chi connectivity index (χ0) is 9.26. The molecule has 0 aliphatic carbocycles. The van der Waals surface area contributed by atoms with E-state index in [0.29, 0.717) is 0 Å². The molecule has 0 atom stereocenters. The van der Waals surface area contributed by atoms with Crippen molar-refractivity contribution in [2.24, 2.45) is 7.05 Å². The second-order valence-corrected chi connectivity index (χ2v) is 3.25. The molecule has 4 heteroatoms. The molecule has 0 saturated heterocycles. The van der Waals surface area contributed by atoms with E-state index >= 15 is 0 Å². The lowest BCUT2D eigenvalue weighted by molar-refractivity contribution is 0.674. The van der Waals surface area contributed by atoms with Crippen LogP contribution in [0.1, 0.15) is 11.3 Å².